The Balaban J connectivity index is 2.86. The fraction of sp³-hybridized carbons (Fsp3) is 0.462. The molecule has 0 saturated carbocycles. The lowest BCUT2D eigenvalue weighted by Crippen LogP contribution is -2.36. The predicted octanol–water partition coefficient (Wildman–Crippen LogP) is 1.92. The number of non-ortho nitro benzene ring substituents is 1. The van der Waals surface area contributed by atoms with Gasteiger partial charge in [0.2, 0.25) is 5.91 Å². The maximum absolute atomic E-state index is 11.9. The molecule has 7 nitrogen and oxygen atoms in total. The zero-order valence-electron chi connectivity index (χ0n) is 11.8. The lowest BCUT2D eigenvalue weighted by molar-refractivity contribution is -0.384. The van der Waals surface area contributed by atoms with E-state index in [2.05, 4.69) is 5.32 Å². The summed E-state index contributed by atoms with van der Waals surface area (Å²) in [5.74, 6) is 0.185. The number of amides is 1. The molecular weight excluding hydrogens is 262 g/mol. The Hall–Kier alpha value is -2.15. The number of methoxy groups -OCH3 is 1. The molecule has 0 bridgehead atoms. The molecule has 1 amide bonds. The molecule has 1 rings (SSSR count). The number of benzene rings is 1. The van der Waals surface area contributed by atoms with Crippen molar-refractivity contribution >= 4 is 17.3 Å². The summed E-state index contributed by atoms with van der Waals surface area (Å²) < 4.78 is 5.04. The van der Waals surface area contributed by atoms with Gasteiger partial charge >= 0.3 is 0 Å². The highest BCUT2D eigenvalue weighted by molar-refractivity contribution is 5.96. The molecule has 0 saturated heterocycles. The second-order valence-electron chi connectivity index (χ2n) is 4.87. The maximum atomic E-state index is 11.9. The summed E-state index contributed by atoms with van der Waals surface area (Å²) in [6.45, 7) is 3.94. The van der Waals surface area contributed by atoms with Crippen molar-refractivity contribution in [3.8, 4) is 5.75 Å². The lowest BCUT2D eigenvalue weighted by atomic mass is 10.0. The molecule has 0 aliphatic carbocycles. The van der Waals surface area contributed by atoms with Crippen LogP contribution in [0.2, 0.25) is 0 Å². The van der Waals surface area contributed by atoms with E-state index in [-0.39, 0.29) is 17.3 Å². The number of hydrogen-bond acceptors (Lipinski definition) is 5. The van der Waals surface area contributed by atoms with Crippen molar-refractivity contribution in [3.63, 3.8) is 0 Å². The Morgan fingerprint density at radius 2 is 2.15 bits per heavy atom. The Morgan fingerprint density at radius 1 is 1.50 bits per heavy atom. The van der Waals surface area contributed by atoms with E-state index < -0.39 is 11.0 Å². The fourth-order valence-corrected chi connectivity index (χ4v) is 1.74. The van der Waals surface area contributed by atoms with Crippen molar-refractivity contribution in [2.24, 2.45) is 11.7 Å². The van der Waals surface area contributed by atoms with Crippen LogP contribution in [0.3, 0.4) is 0 Å². The molecule has 0 aromatic heterocycles. The number of carbonyl (C=O) groups excluding carboxylic acids is 1. The summed E-state index contributed by atoms with van der Waals surface area (Å²) in [5.41, 5.74) is 6.03. The van der Waals surface area contributed by atoms with Gasteiger partial charge in [0.1, 0.15) is 5.75 Å². The van der Waals surface area contributed by atoms with Crippen LogP contribution in [-0.2, 0) is 4.79 Å². The van der Waals surface area contributed by atoms with Crippen LogP contribution >= 0.6 is 0 Å². The van der Waals surface area contributed by atoms with Gasteiger partial charge in [-0.3, -0.25) is 14.9 Å². The fourth-order valence-electron chi connectivity index (χ4n) is 1.74. The third kappa shape index (κ3) is 4.20. The summed E-state index contributed by atoms with van der Waals surface area (Å²) in [5, 5.41) is 13.3. The van der Waals surface area contributed by atoms with Gasteiger partial charge in [0.05, 0.1) is 29.8 Å². The molecule has 1 aromatic rings. The average Bonchev–Trinajstić information content (AvgIpc) is 2.37. The second kappa shape index (κ2) is 6.85. The van der Waals surface area contributed by atoms with Crippen molar-refractivity contribution in [3.05, 3.63) is 28.3 Å². The zero-order chi connectivity index (χ0) is 15.3. The third-order valence-electron chi connectivity index (χ3n) is 2.72. The Bertz CT molecular complexity index is 502. The molecule has 0 aliphatic heterocycles. The molecule has 1 aromatic carbocycles. The quantitative estimate of drug-likeness (QED) is 0.611. The number of hydrogen-bond donors (Lipinski definition) is 2. The summed E-state index contributed by atoms with van der Waals surface area (Å²) in [4.78, 5) is 22.1. The minimum Gasteiger partial charge on any atom is -0.494 e. The SMILES string of the molecule is COc1cc([N+](=O)[O-])ccc1NC(=O)[C@H](N)CC(C)C. The lowest BCUT2D eigenvalue weighted by Gasteiger charge is -2.15. The first-order valence-corrected chi connectivity index (χ1v) is 6.24. The number of rotatable bonds is 6. The van der Waals surface area contributed by atoms with Gasteiger partial charge in [-0.2, -0.15) is 0 Å². The van der Waals surface area contributed by atoms with Crippen LogP contribution in [0.4, 0.5) is 11.4 Å². The molecule has 0 radical (unpaired) electrons. The van der Waals surface area contributed by atoms with Crippen LogP contribution in [-0.4, -0.2) is 24.0 Å². The van der Waals surface area contributed by atoms with Crippen molar-refractivity contribution < 1.29 is 14.5 Å². The van der Waals surface area contributed by atoms with Gasteiger partial charge in [0.25, 0.3) is 5.69 Å². The first-order chi connectivity index (χ1) is 9.35. The van der Waals surface area contributed by atoms with Gasteiger partial charge in [-0.25, -0.2) is 0 Å². The number of nitro benzene ring substituents is 1. The highest BCUT2D eigenvalue weighted by atomic mass is 16.6. The van der Waals surface area contributed by atoms with E-state index in [4.69, 9.17) is 10.5 Å². The smallest absolute Gasteiger partial charge is 0.273 e. The van der Waals surface area contributed by atoms with Crippen molar-refractivity contribution in [1.82, 2.24) is 0 Å². The van der Waals surface area contributed by atoms with Crippen LogP contribution in [0, 0.1) is 16.0 Å². The van der Waals surface area contributed by atoms with E-state index >= 15 is 0 Å². The van der Waals surface area contributed by atoms with Gasteiger partial charge in [-0.1, -0.05) is 13.8 Å². The number of ether oxygens (including phenoxy) is 1. The van der Waals surface area contributed by atoms with Crippen LogP contribution < -0.4 is 15.8 Å². The summed E-state index contributed by atoms with van der Waals surface area (Å²) in [6, 6.07) is 3.35. The monoisotopic (exact) mass is 281 g/mol. The normalized spacial score (nSPS) is 12.1. The molecule has 0 spiro atoms. The number of nitrogens with zero attached hydrogens (tertiary/aromatic N) is 1. The van der Waals surface area contributed by atoms with Gasteiger partial charge in [-0.15, -0.1) is 0 Å². The van der Waals surface area contributed by atoms with Gasteiger partial charge in [0.15, 0.2) is 0 Å². The molecule has 0 unspecified atom stereocenters. The minimum atomic E-state index is -0.630. The van der Waals surface area contributed by atoms with Crippen LogP contribution in [0.5, 0.6) is 5.75 Å². The Kier molecular flexibility index (Phi) is 5.45. The molecule has 110 valence electrons. The first-order valence-electron chi connectivity index (χ1n) is 6.24. The number of anilines is 1. The molecule has 7 heteroatoms. The summed E-state index contributed by atoms with van der Waals surface area (Å²) in [6.07, 6.45) is 0.557. The molecule has 20 heavy (non-hydrogen) atoms. The predicted molar refractivity (Wildman–Crippen MR) is 75.7 cm³/mol. The van der Waals surface area contributed by atoms with E-state index in [9.17, 15) is 14.9 Å². The van der Waals surface area contributed by atoms with Crippen LogP contribution in [0.15, 0.2) is 18.2 Å². The highest BCUT2D eigenvalue weighted by Crippen LogP contribution is 2.29. The molecule has 0 aliphatic rings. The standard InChI is InChI=1S/C13H19N3O4/c1-8(2)6-10(14)13(17)15-11-5-4-9(16(18)19)7-12(11)20-3/h4-5,7-8,10H,6,14H2,1-3H3,(H,15,17)/t10-/m1/s1. The summed E-state index contributed by atoms with van der Waals surface area (Å²) >= 11 is 0. The van der Waals surface area contributed by atoms with E-state index in [0.29, 0.717) is 18.0 Å². The van der Waals surface area contributed by atoms with E-state index in [1.165, 1.54) is 25.3 Å². The first kappa shape index (κ1) is 15.9. The number of nitrogens with one attached hydrogen (secondary N) is 1. The summed E-state index contributed by atoms with van der Waals surface area (Å²) in [7, 11) is 1.38. The average molecular weight is 281 g/mol. The Morgan fingerprint density at radius 3 is 2.65 bits per heavy atom. The van der Waals surface area contributed by atoms with Crippen LogP contribution in [0.25, 0.3) is 0 Å². The van der Waals surface area contributed by atoms with Crippen LogP contribution in [0.1, 0.15) is 20.3 Å². The van der Waals surface area contributed by atoms with E-state index in [1.54, 1.807) is 0 Å². The van der Waals surface area contributed by atoms with E-state index in [1.807, 2.05) is 13.8 Å². The van der Waals surface area contributed by atoms with Crippen molar-refractivity contribution in [2.75, 3.05) is 12.4 Å². The molecule has 0 heterocycles. The van der Waals surface area contributed by atoms with Crippen molar-refractivity contribution in [1.29, 1.82) is 0 Å². The highest BCUT2D eigenvalue weighted by Gasteiger charge is 2.18. The molecule has 3 N–H and O–H groups in total. The number of carbonyl (C=O) groups is 1. The Labute approximate surface area is 117 Å². The third-order valence-corrected chi connectivity index (χ3v) is 2.72. The molecule has 1 atom stereocenters. The van der Waals surface area contributed by atoms with Gasteiger partial charge < -0.3 is 15.8 Å². The van der Waals surface area contributed by atoms with Crippen molar-refractivity contribution in [2.45, 2.75) is 26.3 Å². The number of nitro groups is 1. The van der Waals surface area contributed by atoms with Gasteiger partial charge in [-0.05, 0) is 18.4 Å². The molecular formula is C13H19N3O4. The largest absolute Gasteiger partial charge is 0.494 e. The van der Waals surface area contributed by atoms with Gasteiger partial charge in [0, 0.05) is 6.07 Å². The molecule has 0 fully saturated rings. The maximum Gasteiger partial charge on any atom is 0.273 e. The number of nitrogens with two attached hydrogens (primary N) is 1. The minimum absolute atomic E-state index is 0.105. The zero-order valence-corrected chi connectivity index (χ0v) is 11.8. The second-order valence-corrected chi connectivity index (χ2v) is 4.87. The van der Waals surface area contributed by atoms with E-state index in [0.717, 1.165) is 0 Å². The topological polar surface area (TPSA) is 107 Å².